The van der Waals surface area contributed by atoms with Gasteiger partial charge in [-0.1, -0.05) is 18.2 Å². The van der Waals surface area contributed by atoms with Crippen LogP contribution < -0.4 is 9.44 Å². The molecule has 0 amide bonds. The van der Waals surface area contributed by atoms with Crippen LogP contribution >= 0.6 is 0 Å². The number of benzene rings is 1. The molecule has 0 bridgehead atoms. The summed E-state index contributed by atoms with van der Waals surface area (Å²) in [6.45, 7) is 0.812. The molecule has 8 nitrogen and oxygen atoms in total. The van der Waals surface area contributed by atoms with Crippen molar-refractivity contribution in [1.29, 1.82) is 0 Å². The number of carbonyl (C=O) groups is 1. The lowest BCUT2D eigenvalue weighted by Gasteiger charge is -2.11. The first-order valence-electron chi connectivity index (χ1n) is 5.91. The molecule has 0 heterocycles. The van der Waals surface area contributed by atoms with Crippen LogP contribution in [0, 0.1) is 0 Å². The SMILES string of the molecule is CC(NS(=O)(=O)CCNS(=O)(=O)c1ccccc1)C(=O)O. The zero-order chi connectivity index (χ0) is 16.1. The summed E-state index contributed by atoms with van der Waals surface area (Å²) in [7, 11) is -7.67. The standard InChI is InChI=1S/C11H16N2O6S2/c1-9(11(14)15)13-20(16,17)8-7-12-21(18,19)10-5-3-2-4-6-10/h2-6,9,12-13H,7-8H2,1H3,(H,14,15). The fourth-order valence-corrected chi connectivity index (χ4v) is 3.68. The Labute approximate surface area is 123 Å². The van der Waals surface area contributed by atoms with Gasteiger partial charge in [-0.3, -0.25) is 4.79 Å². The van der Waals surface area contributed by atoms with E-state index in [9.17, 15) is 21.6 Å². The second kappa shape index (κ2) is 6.98. The molecule has 0 aromatic heterocycles. The molecule has 0 spiro atoms. The normalized spacial score (nSPS) is 13.8. The lowest BCUT2D eigenvalue weighted by molar-refractivity contribution is -0.138. The predicted molar refractivity (Wildman–Crippen MR) is 75.7 cm³/mol. The average Bonchev–Trinajstić information content (AvgIpc) is 2.38. The molecular formula is C11H16N2O6S2. The van der Waals surface area contributed by atoms with Gasteiger partial charge in [-0.15, -0.1) is 0 Å². The number of nitrogens with one attached hydrogen (secondary N) is 2. The second-order valence-electron chi connectivity index (χ2n) is 4.21. The fraction of sp³-hybridized carbons (Fsp3) is 0.364. The predicted octanol–water partition coefficient (Wildman–Crippen LogP) is -0.643. The van der Waals surface area contributed by atoms with Crippen molar-refractivity contribution in [3.05, 3.63) is 30.3 Å². The molecule has 0 aliphatic rings. The number of carboxylic acids is 1. The van der Waals surface area contributed by atoms with Gasteiger partial charge in [0, 0.05) is 6.54 Å². The van der Waals surface area contributed by atoms with Gasteiger partial charge in [-0.05, 0) is 19.1 Å². The Balaban J connectivity index is 2.59. The summed E-state index contributed by atoms with van der Waals surface area (Å²) >= 11 is 0. The molecule has 21 heavy (non-hydrogen) atoms. The Hall–Kier alpha value is -1.49. The summed E-state index contributed by atoms with van der Waals surface area (Å²) in [5.41, 5.74) is 0. The van der Waals surface area contributed by atoms with Gasteiger partial charge >= 0.3 is 5.97 Å². The van der Waals surface area contributed by atoms with E-state index in [4.69, 9.17) is 5.11 Å². The van der Waals surface area contributed by atoms with Gasteiger partial charge in [-0.2, -0.15) is 0 Å². The Morgan fingerprint density at radius 1 is 1.19 bits per heavy atom. The van der Waals surface area contributed by atoms with Crippen LogP contribution in [0.2, 0.25) is 0 Å². The maximum atomic E-state index is 11.8. The van der Waals surface area contributed by atoms with E-state index in [1.807, 2.05) is 4.72 Å². The third-order valence-electron chi connectivity index (χ3n) is 2.44. The molecule has 0 aliphatic heterocycles. The molecule has 1 aromatic rings. The van der Waals surface area contributed by atoms with Crippen LogP contribution in [0.4, 0.5) is 0 Å². The van der Waals surface area contributed by atoms with E-state index in [2.05, 4.69) is 4.72 Å². The minimum Gasteiger partial charge on any atom is -0.480 e. The minimum atomic E-state index is -3.89. The maximum Gasteiger partial charge on any atom is 0.321 e. The third-order valence-corrected chi connectivity index (χ3v) is 5.37. The number of rotatable bonds is 8. The Morgan fingerprint density at radius 2 is 1.76 bits per heavy atom. The van der Waals surface area contributed by atoms with Gasteiger partial charge in [0.05, 0.1) is 10.6 Å². The van der Waals surface area contributed by atoms with Crippen molar-refractivity contribution >= 4 is 26.0 Å². The van der Waals surface area contributed by atoms with Crippen molar-refractivity contribution in [2.45, 2.75) is 17.9 Å². The van der Waals surface area contributed by atoms with Crippen LogP contribution in [0.25, 0.3) is 0 Å². The second-order valence-corrected chi connectivity index (χ2v) is 7.85. The fourth-order valence-electron chi connectivity index (χ4n) is 1.37. The van der Waals surface area contributed by atoms with Gasteiger partial charge < -0.3 is 5.11 Å². The zero-order valence-corrected chi connectivity index (χ0v) is 12.8. The Morgan fingerprint density at radius 3 is 2.29 bits per heavy atom. The highest BCUT2D eigenvalue weighted by atomic mass is 32.2. The van der Waals surface area contributed by atoms with Crippen molar-refractivity contribution < 1.29 is 26.7 Å². The van der Waals surface area contributed by atoms with E-state index in [0.29, 0.717) is 0 Å². The van der Waals surface area contributed by atoms with Crippen LogP contribution in [0.5, 0.6) is 0 Å². The number of sulfonamides is 2. The summed E-state index contributed by atoms with van der Waals surface area (Å²) in [5, 5.41) is 8.61. The summed E-state index contributed by atoms with van der Waals surface area (Å²) in [4.78, 5) is 10.6. The summed E-state index contributed by atoms with van der Waals surface area (Å²) in [6.07, 6.45) is 0. The topological polar surface area (TPSA) is 130 Å². The van der Waals surface area contributed by atoms with Crippen LogP contribution in [-0.4, -0.2) is 46.3 Å². The first-order chi connectivity index (χ1) is 9.64. The lowest BCUT2D eigenvalue weighted by Crippen LogP contribution is -2.41. The van der Waals surface area contributed by atoms with Crippen molar-refractivity contribution in [3.8, 4) is 0 Å². The number of hydrogen-bond acceptors (Lipinski definition) is 5. The van der Waals surface area contributed by atoms with E-state index in [0.717, 1.165) is 0 Å². The molecule has 0 saturated heterocycles. The van der Waals surface area contributed by atoms with Gasteiger partial charge in [-0.25, -0.2) is 26.3 Å². The third kappa shape index (κ3) is 5.79. The molecule has 10 heteroatoms. The zero-order valence-electron chi connectivity index (χ0n) is 11.2. The smallest absolute Gasteiger partial charge is 0.321 e. The van der Waals surface area contributed by atoms with Gasteiger partial charge in [0.15, 0.2) is 0 Å². The number of aliphatic carboxylic acids is 1. The maximum absolute atomic E-state index is 11.8. The van der Waals surface area contributed by atoms with E-state index < -0.39 is 37.8 Å². The highest BCUT2D eigenvalue weighted by molar-refractivity contribution is 7.90. The Kier molecular flexibility index (Phi) is 5.84. The molecule has 1 rings (SSSR count). The molecular weight excluding hydrogens is 320 g/mol. The van der Waals surface area contributed by atoms with E-state index >= 15 is 0 Å². The molecule has 0 fully saturated rings. The van der Waals surface area contributed by atoms with E-state index in [1.165, 1.54) is 19.1 Å². The summed E-state index contributed by atoms with van der Waals surface area (Å²) < 4.78 is 50.8. The minimum absolute atomic E-state index is 0.0225. The van der Waals surface area contributed by atoms with Crippen LogP contribution in [0.15, 0.2) is 35.2 Å². The Bertz CT molecular complexity index is 685. The quantitative estimate of drug-likeness (QED) is 0.579. The van der Waals surface area contributed by atoms with Gasteiger partial charge in [0.25, 0.3) is 0 Å². The molecule has 1 unspecified atom stereocenters. The highest BCUT2D eigenvalue weighted by Gasteiger charge is 2.20. The molecule has 1 atom stereocenters. The summed E-state index contributed by atoms with van der Waals surface area (Å²) in [5.74, 6) is -1.88. The van der Waals surface area contributed by atoms with Crippen molar-refractivity contribution in [1.82, 2.24) is 9.44 Å². The molecule has 3 N–H and O–H groups in total. The molecule has 0 saturated carbocycles. The first-order valence-corrected chi connectivity index (χ1v) is 9.05. The molecule has 118 valence electrons. The van der Waals surface area contributed by atoms with Gasteiger partial charge in [0.2, 0.25) is 20.0 Å². The number of carboxylic acid groups (broad SMARTS) is 1. The summed E-state index contributed by atoms with van der Waals surface area (Å²) in [6, 6.07) is 6.22. The van der Waals surface area contributed by atoms with E-state index in [-0.39, 0.29) is 11.4 Å². The van der Waals surface area contributed by atoms with Crippen molar-refractivity contribution in [2.24, 2.45) is 0 Å². The monoisotopic (exact) mass is 336 g/mol. The molecule has 0 aliphatic carbocycles. The van der Waals surface area contributed by atoms with Crippen LogP contribution in [0.3, 0.4) is 0 Å². The average molecular weight is 336 g/mol. The van der Waals surface area contributed by atoms with Crippen LogP contribution in [0.1, 0.15) is 6.92 Å². The van der Waals surface area contributed by atoms with E-state index in [1.54, 1.807) is 18.2 Å². The molecule has 1 aromatic carbocycles. The van der Waals surface area contributed by atoms with Crippen LogP contribution in [-0.2, 0) is 24.8 Å². The van der Waals surface area contributed by atoms with Crippen molar-refractivity contribution in [3.63, 3.8) is 0 Å². The first kappa shape index (κ1) is 17.6. The van der Waals surface area contributed by atoms with Gasteiger partial charge in [0.1, 0.15) is 6.04 Å². The number of hydrogen-bond donors (Lipinski definition) is 3. The largest absolute Gasteiger partial charge is 0.480 e. The lowest BCUT2D eigenvalue weighted by atomic mass is 10.4. The van der Waals surface area contributed by atoms with Crippen molar-refractivity contribution in [2.75, 3.05) is 12.3 Å². The highest BCUT2D eigenvalue weighted by Crippen LogP contribution is 2.06. The molecule has 0 radical (unpaired) electrons.